The Bertz CT molecular complexity index is 485. The molecule has 0 radical (unpaired) electrons. The lowest BCUT2D eigenvalue weighted by molar-refractivity contribution is -0.125. The molecule has 88 valence electrons. The van der Waals surface area contributed by atoms with Gasteiger partial charge in [-0.1, -0.05) is 6.07 Å². The molecule has 0 spiro atoms. The minimum Gasteiger partial charge on any atom is -0.369 e. The molecule has 3 heteroatoms. The minimum absolute atomic E-state index is 0.260. The summed E-state index contributed by atoms with van der Waals surface area (Å²) < 4.78 is 0. The molecule has 3 saturated heterocycles. The Morgan fingerprint density at radius 3 is 2.76 bits per heavy atom. The SMILES string of the molecule is Cc1cccc(/C=C2/C(=O)C3CCN2CC3)n1. The lowest BCUT2D eigenvalue weighted by atomic mass is 9.84. The van der Waals surface area contributed by atoms with Crippen LogP contribution in [0.3, 0.4) is 0 Å². The lowest BCUT2D eigenvalue weighted by Gasteiger charge is -2.41. The number of piperidine rings is 3. The quantitative estimate of drug-likeness (QED) is 0.689. The summed E-state index contributed by atoms with van der Waals surface area (Å²) in [6.45, 7) is 4.01. The molecule has 0 atom stereocenters. The highest BCUT2D eigenvalue weighted by atomic mass is 16.1. The number of nitrogens with zero attached hydrogens (tertiary/aromatic N) is 2. The van der Waals surface area contributed by atoms with Crippen LogP contribution in [-0.2, 0) is 4.79 Å². The van der Waals surface area contributed by atoms with E-state index in [9.17, 15) is 4.79 Å². The molecule has 1 aromatic rings. The van der Waals surface area contributed by atoms with Gasteiger partial charge in [-0.3, -0.25) is 9.78 Å². The number of pyridine rings is 1. The van der Waals surface area contributed by atoms with Gasteiger partial charge in [-0.2, -0.15) is 0 Å². The number of allylic oxidation sites excluding steroid dienone is 1. The van der Waals surface area contributed by atoms with Crippen LogP contribution < -0.4 is 0 Å². The Morgan fingerprint density at radius 1 is 1.35 bits per heavy atom. The molecule has 3 aliphatic rings. The van der Waals surface area contributed by atoms with Gasteiger partial charge in [-0.05, 0) is 38.0 Å². The summed E-state index contributed by atoms with van der Waals surface area (Å²) >= 11 is 0. The molecule has 2 bridgehead atoms. The smallest absolute Gasteiger partial charge is 0.182 e. The third kappa shape index (κ3) is 1.86. The molecule has 4 rings (SSSR count). The fourth-order valence-electron chi connectivity index (χ4n) is 2.69. The van der Waals surface area contributed by atoms with Crippen molar-refractivity contribution < 1.29 is 4.79 Å². The molecule has 0 saturated carbocycles. The van der Waals surface area contributed by atoms with E-state index in [-0.39, 0.29) is 5.92 Å². The molecular formula is C14H16N2O. The zero-order chi connectivity index (χ0) is 11.8. The van der Waals surface area contributed by atoms with Gasteiger partial charge >= 0.3 is 0 Å². The maximum absolute atomic E-state index is 12.1. The number of carbonyl (C=O) groups excluding carboxylic acids is 1. The van der Waals surface area contributed by atoms with E-state index in [0.717, 1.165) is 43.0 Å². The zero-order valence-electron chi connectivity index (χ0n) is 10.0. The summed E-state index contributed by atoms with van der Waals surface area (Å²) in [6.07, 6.45) is 4.00. The second kappa shape index (κ2) is 3.99. The number of ketones is 1. The molecular weight excluding hydrogens is 212 g/mol. The van der Waals surface area contributed by atoms with Gasteiger partial charge in [0.15, 0.2) is 5.78 Å². The maximum Gasteiger partial charge on any atom is 0.182 e. The largest absolute Gasteiger partial charge is 0.369 e. The molecule has 0 aliphatic carbocycles. The highest BCUT2D eigenvalue weighted by Gasteiger charge is 2.36. The van der Waals surface area contributed by atoms with E-state index in [1.165, 1.54) is 0 Å². The van der Waals surface area contributed by atoms with Crippen LogP contribution in [0.25, 0.3) is 6.08 Å². The van der Waals surface area contributed by atoms with Crippen molar-refractivity contribution in [2.45, 2.75) is 19.8 Å². The van der Waals surface area contributed by atoms with Gasteiger partial charge in [-0.25, -0.2) is 0 Å². The second-order valence-corrected chi connectivity index (χ2v) is 4.86. The van der Waals surface area contributed by atoms with Crippen molar-refractivity contribution in [2.75, 3.05) is 13.1 Å². The fraction of sp³-hybridized carbons (Fsp3) is 0.429. The van der Waals surface area contributed by atoms with Crippen molar-refractivity contribution >= 4 is 11.9 Å². The number of rotatable bonds is 1. The highest BCUT2D eigenvalue weighted by molar-refractivity contribution is 6.01. The molecule has 3 fully saturated rings. The first-order chi connectivity index (χ1) is 8.24. The van der Waals surface area contributed by atoms with Crippen LogP contribution in [0.5, 0.6) is 0 Å². The van der Waals surface area contributed by atoms with Crippen LogP contribution >= 0.6 is 0 Å². The first kappa shape index (κ1) is 10.5. The second-order valence-electron chi connectivity index (χ2n) is 4.86. The summed E-state index contributed by atoms with van der Waals surface area (Å²) in [5.74, 6) is 0.571. The van der Waals surface area contributed by atoms with Crippen molar-refractivity contribution in [3.8, 4) is 0 Å². The summed E-state index contributed by atoms with van der Waals surface area (Å²) in [4.78, 5) is 18.8. The van der Waals surface area contributed by atoms with Gasteiger partial charge in [0.25, 0.3) is 0 Å². The van der Waals surface area contributed by atoms with Gasteiger partial charge in [0.1, 0.15) is 0 Å². The normalized spacial score (nSPS) is 22.5. The minimum atomic E-state index is 0.260. The highest BCUT2D eigenvalue weighted by Crippen LogP contribution is 2.32. The summed E-state index contributed by atoms with van der Waals surface area (Å²) in [7, 11) is 0. The number of hydrogen-bond acceptors (Lipinski definition) is 3. The van der Waals surface area contributed by atoms with Crippen molar-refractivity contribution in [1.29, 1.82) is 0 Å². The third-order valence-corrected chi connectivity index (χ3v) is 3.65. The van der Waals surface area contributed by atoms with Crippen LogP contribution in [0.15, 0.2) is 23.9 Å². The predicted molar refractivity (Wildman–Crippen MR) is 66.3 cm³/mol. The molecule has 4 heterocycles. The van der Waals surface area contributed by atoms with Crippen LogP contribution in [0.1, 0.15) is 24.2 Å². The van der Waals surface area contributed by atoms with E-state index in [2.05, 4.69) is 9.88 Å². The average molecular weight is 228 g/mol. The first-order valence-corrected chi connectivity index (χ1v) is 6.18. The lowest BCUT2D eigenvalue weighted by Crippen LogP contribution is -2.45. The van der Waals surface area contributed by atoms with Crippen LogP contribution in [0.2, 0.25) is 0 Å². The Morgan fingerprint density at radius 2 is 2.12 bits per heavy atom. The summed E-state index contributed by atoms with van der Waals surface area (Å²) in [5, 5.41) is 0. The van der Waals surface area contributed by atoms with Gasteiger partial charge in [0, 0.05) is 24.7 Å². The number of hydrogen-bond donors (Lipinski definition) is 0. The molecule has 17 heavy (non-hydrogen) atoms. The molecule has 1 aromatic heterocycles. The van der Waals surface area contributed by atoms with E-state index < -0.39 is 0 Å². The standard InChI is InChI=1S/C14H16N2O/c1-10-3-2-4-12(15-10)9-13-14(17)11-5-7-16(13)8-6-11/h2-4,9,11H,5-8H2,1H3/b13-9-. The molecule has 0 aromatic carbocycles. The molecule has 3 aliphatic heterocycles. The van der Waals surface area contributed by atoms with Crippen LogP contribution in [-0.4, -0.2) is 28.8 Å². The molecule has 0 unspecified atom stereocenters. The molecule has 3 nitrogen and oxygen atoms in total. The van der Waals surface area contributed by atoms with Gasteiger partial charge in [0.2, 0.25) is 0 Å². The van der Waals surface area contributed by atoms with Gasteiger partial charge in [-0.15, -0.1) is 0 Å². The Labute approximate surface area is 101 Å². The summed E-state index contributed by atoms with van der Waals surface area (Å²) in [5.41, 5.74) is 2.74. The number of aromatic nitrogens is 1. The Hall–Kier alpha value is -1.64. The van der Waals surface area contributed by atoms with Crippen LogP contribution in [0, 0.1) is 12.8 Å². The zero-order valence-corrected chi connectivity index (χ0v) is 10.0. The van der Waals surface area contributed by atoms with E-state index in [1.54, 1.807) is 0 Å². The number of Topliss-reactive ketones (excluding diaryl/α,β-unsaturated/α-hetero) is 1. The maximum atomic E-state index is 12.1. The van der Waals surface area contributed by atoms with Gasteiger partial charge < -0.3 is 4.90 Å². The van der Waals surface area contributed by atoms with E-state index >= 15 is 0 Å². The number of aryl methyl sites for hydroxylation is 1. The van der Waals surface area contributed by atoms with Crippen molar-refractivity contribution in [1.82, 2.24) is 9.88 Å². The first-order valence-electron chi connectivity index (χ1n) is 6.18. The Kier molecular flexibility index (Phi) is 2.46. The fourth-order valence-corrected chi connectivity index (χ4v) is 2.69. The topological polar surface area (TPSA) is 33.2 Å². The van der Waals surface area contributed by atoms with E-state index in [4.69, 9.17) is 0 Å². The predicted octanol–water partition coefficient (Wildman–Crippen LogP) is 2.03. The summed E-state index contributed by atoms with van der Waals surface area (Å²) in [6, 6.07) is 5.91. The Balaban J connectivity index is 1.95. The third-order valence-electron chi connectivity index (χ3n) is 3.65. The molecule has 0 N–H and O–H groups in total. The number of carbonyl (C=O) groups is 1. The van der Waals surface area contributed by atoms with Gasteiger partial charge in [0.05, 0.1) is 11.4 Å². The van der Waals surface area contributed by atoms with E-state index in [1.807, 2.05) is 31.2 Å². The average Bonchev–Trinajstić information content (AvgIpc) is 2.34. The number of fused-ring (bicyclic) bond motifs is 3. The monoisotopic (exact) mass is 228 g/mol. The van der Waals surface area contributed by atoms with Crippen molar-refractivity contribution in [3.63, 3.8) is 0 Å². The van der Waals surface area contributed by atoms with Crippen LogP contribution in [0.4, 0.5) is 0 Å². The molecule has 0 amide bonds. The van der Waals surface area contributed by atoms with E-state index in [0.29, 0.717) is 5.78 Å². The van der Waals surface area contributed by atoms with Crippen molar-refractivity contribution in [3.05, 3.63) is 35.3 Å². The van der Waals surface area contributed by atoms with Crippen molar-refractivity contribution in [2.24, 2.45) is 5.92 Å².